The fourth-order valence-corrected chi connectivity index (χ4v) is 0.239. The topological polar surface area (TPSA) is 44.5 Å². The molecule has 0 fully saturated rings. The van der Waals surface area contributed by atoms with Gasteiger partial charge in [0, 0.05) is 6.61 Å². The summed E-state index contributed by atoms with van der Waals surface area (Å²) in [6.45, 7) is 4.64. The van der Waals surface area contributed by atoms with Gasteiger partial charge in [0.2, 0.25) is 0 Å². The predicted molar refractivity (Wildman–Crippen MR) is 31.2 cm³/mol. The molecule has 3 nitrogen and oxygen atoms in total. The summed E-state index contributed by atoms with van der Waals surface area (Å²) in [5.74, 6) is 0. The first-order chi connectivity index (χ1) is 3.77. The number of rotatable bonds is 4. The molecule has 0 aromatic carbocycles. The van der Waals surface area contributed by atoms with Crippen molar-refractivity contribution in [3.8, 4) is 0 Å². The highest BCUT2D eigenvalue weighted by molar-refractivity contribution is 4.26. The van der Waals surface area contributed by atoms with Crippen molar-refractivity contribution < 1.29 is 9.47 Å². The number of hydrogen-bond acceptors (Lipinski definition) is 3. The van der Waals surface area contributed by atoms with Crippen LogP contribution in [0, 0.1) is 0 Å². The third-order valence-corrected chi connectivity index (χ3v) is 0.618. The van der Waals surface area contributed by atoms with Crippen LogP contribution in [0.15, 0.2) is 0 Å². The molecule has 0 aliphatic carbocycles. The van der Waals surface area contributed by atoms with Crippen molar-refractivity contribution in [2.75, 3.05) is 13.4 Å². The third-order valence-electron chi connectivity index (χ3n) is 0.618. The molecule has 3 heteroatoms. The molecule has 0 aliphatic heterocycles. The smallest absolute Gasteiger partial charge is 0.148 e. The van der Waals surface area contributed by atoms with Crippen LogP contribution < -0.4 is 5.73 Å². The van der Waals surface area contributed by atoms with Gasteiger partial charge in [-0.3, -0.25) is 0 Å². The maximum atomic E-state index is 5.23. The van der Waals surface area contributed by atoms with Gasteiger partial charge in [-0.05, 0) is 13.8 Å². The molecule has 0 rings (SSSR count). The number of hydrogen-bond donors (Lipinski definition) is 1. The molecule has 2 N–H and O–H groups in total. The lowest BCUT2D eigenvalue weighted by Gasteiger charge is -2.05. The number of nitrogens with two attached hydrogens (primary N) is 1. The van der Waals surface area contributed by atoms with Crippen LogP contribution in [-0.2, 0) is 9.47 Å². The zero-order valence-electron chi connectivity index (χ0n) is 5.39. The van der Waals surface area contributed by atoms with E-state index in [4.69, 9.17) is 15.2 Å². The maximum absolute atomic E-state index is 5.23. The Hall–Kier alpha value is -0.120. The van der Waals surface area contributed by atoms with Crippen LogP contribution in [0.5, 0.6) is 0 Å². The molecule has 1 atom stereocenters. The van der Waals surface area contributed by atoms with Gasteiger partial charge in [0.25, 0.3) is 0 Å². The van der Waals surface area contributed by atoms with Gasteiger partial charge in [-0.2, -0.15) is 0 Å². The minimum absolute atomic E-state index is 0.221. The Bertz CT molecular complexity index is 47.7. The molecule has 50 valence electrons. The summed E-state index contributed by atoms with van der Waals surface area (Å²) in [5.41, 5.74) is 5.23. The van der Waals surface area contributed by atoms with Gasteiger partial charge in [-0.25, -0.2) is 0 Å². The van der Waals surface area contributed by atoms with E-state index in [1.807, 2.05) is 6.92 Å². The van der Waals surface area contributed by atoms with Crippen molar-refractivity contribution in [2.45, 2.75) is 20.1 Å². The molecule has 0 saturated carbocycles. The van der Waals surface area contributed by atoms with Crippen LogP contribution in [0.25, 0.3) is 0 Å². The Morgan fingerprint density at radius 2 is 2.25 bits per heavy atom. The van der Waals surface area contributed by atoms with E-state index < -0.39 is 0 Å². The molecular formula is C5H13NO2. The largest absolute Gasteiger partial charge is 0.356 e. The third kappa shape index (κ3) is 5.88. The van der Waals surface area contributed by atoms with Crippen molar-refractivity contribution in [1.82, 2.24) is 0 Å². The average molecular weight is 119 g/mol. The van der Waals surface area contributed by atoms with Crippen molar-refractivity contribution in [2.24, 2.45) is 5.73 Å². The second-order valence-electron chi connectivity index (χ2n) is 1.48. The van der Waals surface area contributed by atoms with Gasteiger partial charge < -0.3 is 15.2 Å². The summed E-state index contributed by atoms with van der Waals surface area (Å²) < 4.78 is 9.68. The molecule has 0 radical (unpaired) electrons. The summed E-state index contributed by atoms with van der Waals surface area (Å²) in [7, 11) is 0. The normalized spacial score (nSPS) is 13.9. The first-order valence-corrected chi connectivity index (χ1v) is 2.72. The zero-order valence-corrected chi connectivity index (χ0v) is 5.39. The van der Waals surface area contributed by atoms with E-state index in [0.717, 1.165) is 0 Å². The van der Waals surface area contributed by atoms with Crippen molar-refractivity contribution >= 4 is 0 Å². The van der Waals surface area contributed by atoms with E-state index in [2.05, 4.69) is 0 Å². The molecule has 0 aromatic rings. The van der Waals surface area contributed by atoms with Crippen LogP contribution in [0.3, 0.4) is 0 Å². The van der Waals surface area contributed by atoms with Gasteiger partial charge in [0.15, 0.2) is 0 Å². The Labute approximate surface area is 49.8 Å². The van der Waals surface area contributed by atoms with Gasteiger partial charge in [0.1, 0.15) is 13.0 Å². The zero-order chi connectivity index (χ0) is 6.41. The highest BCUT2D eigenvalue weighted by Crippen LogP contribution is 1.80. The number of ether oxygens (including phenoxy) is 2. The van der Waals surface area contributed by atoms with Crippen LogP contribution in [-0.4, -0.2) is 19.6 Å². The van der Waals surface area contributed by atoms with Crippen molar-refractivity contribution in [1.29, 1.82) is 0 Å². The molecule has 1 unspecified atom stereocenters. The quantitative estimate of drug-likeness (QED) is 0.427. The van der Waals surface area contributed by atoms with Crippen molar-refractivity contribution in [3.63, 3.8) is 0 Å². The molecule has 8 heavy (non-hydrogen) atoms. The van der Waals surface area contributed by atoms with E-state index in [1.165, 1.54) is 0 Å². The summed E-state index contributed by atoms with van der Waals surface area (Å²) in [6.07, 6.45) is -0.221. The lowest BCUT2D eigenvalue weighted by Crippen LogP contribution is -2.20. The van der Waals surface area contributed by atoms with Crippen LogP contribution in [0.2, 0.25) is 0 Å². The summed E-state index contributed by atoms with van der Waals surface area (Å²) >= 11 is 0. The first-order valence-electron chi connectivity index (χ1n) is 2.72. The molecule has 0 aliphatic rings. The van der Waals surface area contributed by atoms with Crippen molar-refractivity contribution in [3.05, 3.63) is 0 Å². The highest BCUT2D eigenvalue weighted by atomic mass is 16.7. The van der Waals surface area contributed by atoms with E-state index in [-0.39, 0.29) is 6.23 Å². The summed E-state index contributed by atoms with van der Waals surface area (Å²) in [4.78, 5) is 0. The molecule has 0 spiro atoms. The van der Waals surface area contributed by atoms with E-state index >= 15 is 0 Å². The minimum atomic E-state index is -0.221. The van der Waals surface area contributed by atoms with Gasteiger partial charge in [0.05, 0.1) is 0 Å². The van der Waals surface area contributed by atoms with Crippen LogP contribution in [0.1, 0.15) is 13.8 Å². The molecule has 0 bridgehead atoms. The predicted octanol–water partition coefficient (Wildman–Crippen LogP) is 0.302. The van der Waals surface area contributed by atoms with Crippen LogP contribution >= 0.6 is 0 Å². The molecule has 0 amide bonds. The summed E-state index contributed by atoms with van der Waals surface area (Å²) in [6, 6.07) is 0. The van der Waals surface area contributed by atoms with Gasteiger partial charge >= 0.3 is 0 Å². The molecule has 0 saturated heterocycles. The Kier molecular flexibility index (Phi) is 4.95. The lowest BCUT2D eigenvalue weighted by atomic mass is 10.7. The Morgan fingerprint density at radius 3 is 2.62 bits per heavy atom. The van der Waals surface area contributed by atoms with Gasteiger partial charge in [-0.1, -0.05) is 0 Å². The highest BCUT2D eigenvalue weighted by Gasteiger charge is 1.88. The summed E-state index contributed by atoms with van der Waals surface area (Å²) in [5, 5.41) is 0. The second kappa shape index (κ2) is 5.03. The maximum Gasteiger partial charge on any atom is 0.148 e. The monoisotopic (exact) mass is 119 g/mol. The van der Waals surface area contributed by atoms with E-state index in [1.54, 1.807) is 6.92 Å². The standard InChI is InChI=1S/C5H13NO2/c1-3-7-4-8-5(2)6/h5H,3-4,6H2,1-2H3. The fourth-order valence-electron chi connectivity index (χ4n) is 0.239. The minimum Gasteiger partial charge on any atom is -0.356 e. The van der Waals surface area contributed by atoms with Gasteiger partial charge in [-0.15, -0.1) is 0 Å². The van der Waals surface area contributed by atoms with E-state index in [9.17, 15) is 0 Å². The lowest BCUT2D eigenvalue weighted by molar-refractivity contribution is -0.0782. The van der Waals surface area contributed by atoms with E-state index in [0.29, 0.717) is 13.4 Å². The fraction of sp³-hybridized carbons (Fsp3) is 1.00. The Balaban J connectivity index is 2.72. The molecule has 0 aromatic heterocycles. The Morgan fingerprint density at radius 1 is 1.62 bits per heavy atom. The second-order valence-corrected chi connectivity index (χ2v) is 1.48. The molecule has 0 heterocycles. The SMILES string of the molecule is CCOCOC(C)N. The average Bonchev–Trinajstić information content (AvgIpc) is 1.66. The van der Waals surface area contributed by atoms with Crippen LogP contribution in [0.4, 0.5) is 0 Å². The first kappa shape index (κ1) is 7.88. The molecular weight excluding hydrogens is 106 g/mol.